The van der Waals surface area contributed by atoms with Gasteiger partial charge >= 0.3 is 0 Å². The molecule has 182 valence electrons. The monoisotopic (exact) mass is 481 g/mol. The highest BCUT2D eigenvalue weighted by Crippen LogP contribution is 2.30. The van der Waals surface area contributed by atoms with Crippen molar-refractivity contribution in [3.63, 3.8) is 0 Å². The van der Waals surface area contributed by atoms with Crippen molar-refractivity contribution in [3.05, 3.63) is 35.3 Å². The first-order valence-corrected chi connectivity index (χ1v) is 13.4. The van der Waals surface area contributed by atoms with Gasteiger partial charge in [0.2, 0.25) is 5.91 Å². The predicted molar refractivity (Wildman–Crippen MR) is 137 cm³/mol. The second kappa shape index (κ2) is 11.1. The number of nitrogens with zero attached hydrogens (tertiary/aromatic N) is 4. The number of fused-ring (bicyclic) bond motifs is 1. The van der Waals surface area contributed by atoms with Gasteiger partial charge in [-0.25, -0.2) is 9.67 Å². The molecule has 0 aliphatic carbocycles. The molecular weight excluding hydrogens is 446 g/mol. The Labute approximate surface area is 205 Å². The fourth-order valence-electron chi connectivity index (χ4n) is 4.58. The van der Waals surface area contributed by atoms with Gasteiger partial charge in [0, 0.05) is 25.7 Å². The molecule has 0 aromatic carbocycles. The zero-order valence-corrected chi connectivity index (χ0v) is 21.2. The minimum Gasteiger partial charge on any atom is -0.356 e. The Kier molecular flexibility index (Phi) is 7.98. The summed E-state index contributed by atoms with van der Waals surface area (Å²) in [7, 11) is 0. The lowest BCUT2D eigenvalue weighted by atomic mass is 9.96. The standard InChI is InChI=1S/C26H35N5O2S/c1-4-5-6-7-12-27-25(32)19-10-8-13-30(17-19)26(33)20-15-22(23-11-9-14-34-23)29-24-21(20)16-28-31(24)18(2)3/h9,11,14-16,18-19H,4-8,10,12-13,17H2,1-3H3,(H,27,32). The lowest BCUT2D eigenvalue weighted by Gasteiger charge is -2.32. The third-order valence-electron chi connectivity index (χ3n) is 6.47. The van der Waals surface area contributed by atoms with Crippen LogP contribution in [0.25, 0.3) is 21.6 Å². The number of carbonyl (C=O) groups excluding carboxylic acids is 2. The molecule has 0 spiro atoms. The molecule has 0 bridgehead atoms. The second-order valence-corrected chi connectivity index (χ2v) is 10.3. The zero-order valence-electron chi connectivity index (χ0n) is 20.4. The van der Waals surface area contributed by atoms with Crippen molar-refractivity contribution in [3.8, 4) is 10.6 Å². The van der Waals surface area contributed by atoms with E-state index in [2.05, 4.69) is 31.2 Å². The minimum atomic E-state index is -0.156. The molecule has 1 unspecified atom stereocenters. The number of unbranched alkanes of at least 4 members (excludes halogenated alkanes) is 3. The molecule has 4 heterocycles. The van der Waals surface area contributed by atoms with E-state index in [0.717, 1.165) is 47.3 Å². The lowest BCUT2D eigenvalue weighted by Crippen LogP contribution is -2.45. The summed E-state index contributed by atoms with van der Waals surface area (Å²) in [6.07, 6.45) is 7.93. The first kappa shape index (κ1) is 24.4. The summed E-state index contributed by atoms with van der Waals surface area (Å²) in [5.74, 6) is -0.133. The van der Waals surface area contributed by atoms with Gasteiger partial charge in [0.05, 0.1) is 33.6 Å². The minimum absolute atomic E-state index is 0.0473. The Morgan fingerprint density at radius 3 is 2.85 bits per heavy atom. The number of hydrogen-bond donors (Lipinski definition) is 1. The largest absolute Gasteiger partial charge is 0.356 e. The van der Waals surface area contributed by atoms with Gasteiger partial charge in [-0.15, -0.1) is 11.3 Å². The molecule has 2 amide bonds. The molecule has 1 aliphatic rings. The summed E-state index contributed by atoms with van der Waals surface area (Å²) in [6.45, 7) is 8.13. The molecule has 1 fully saturated rings. The van der Waals surface area contributed by atoms with E-state index in [1.165, 1.54) is 12.8 Å². The van der Waals surface area contributed by atoms with Crippen LogP contribution in [0.3, 0.4) is 0 Å². The van der Waals surface area contributed by atoms with Gasteiger partial charge in [0.15, 0.2) is 5.65 Å². The van der Waals surface area contributed by atoms with E-state index in [4.69, 9.17) is 4.98 Å². The number of aromatic nitrogens is 3. The average molecular weight is 482 g/mol. The van der Waals surface area contributed by atoms with Crippen molar-refractivity contribution >= 4 is 34.2 Å². The van der Waals surface area contributed by atoms with Gasteiger partial charge < -0.3 is 10.2 Å². The van der Waals surface area contributed by atoms with Gasteiger partial charge in [-0.1, -0.05) is 32.3 Å². The van der Waals surface area contributed by atoms with Crippen molar-refractivity contribution in [2.45, 2.75) is 65.3 Å². The van der Waals surface area contributed by atoms with Gasteiger partial charge in [-0.2, -0.15) is 5.10 Å². The van der Waals surface area contributed by atoms with Crippen LogP contribution < -0.4 is 5.32 Å². The van der Waals surface area contributed by atoms with Crippen LogP contribution in [0.15, 0.2) is 29.8 Å². The Hall–Kier alpha value is -2.74. The topological polar surface area (TPSA) is 80.1 Å². The van der Waals surface area contributed by atoms with Crippen LogP contribution in [0.1, 0.15) is 75.7 Å². The molecule has 1 N–H and O–H groups in total. The number of rotatable bonds is 9. The number of pyridine rings is 1. The molecule has 4 rings (SSSR count). The van der Waals surface area contributed by atoms with Crippen molar-refractivity contribution in [2.24, 2.45) is 5.92 Å². The molecule has 7 nitrogen and oxygen atoms in total. The van der Waals surface area contributed by atoms with Gasteiger partial charge in [-0.3, -0.25) is 9.59 Å². The van der Waals surface area contributed by atoms with Crippen molar-refractivity contribution in [1.29, 1.82) is 0 Å². The smallest absolute Gasteiger partial charge is 0.254 e. The van der Waals surface area contributed by atoms with Crippen LogP contribution in [0, 0.1) is 5.92 Å². The lowest BCUT2D eigenvalue weighted by molar-refractivity contribution is -0.126. The number of amides is 2. The zero-order chi connectivity index (χ0) is 24.1. The van der Waals surface area contributed by atoms with Crippen LogP contribution in [0.5, 0.6) is 0 Å². The third-order valence-corrected chi connectivity index (χ3v) is 7.36. The first-order valence-electron chi connectivity index (χ1n) is 12.5. The van der Waals surface area contributed by atoms with Gasteiger partial charge in [-0.05, 0) is 50.6 Å². The molecule has 34 heavy (non-hydrogen) atoms. The summed E-state index contributed by atoms with van der Waals surface area (Å²) in [6, 6.07) is 6.03. The Bertz CT molecular complexity index is 1120. The van der Waals surface area contributed by atoms with Crippen LogP contribution in [0.4, 0.5) is 0 Å². The van der Waals surface area contributed by atoms with E-state index in [-0.39, 0.29) is 23.8 Å². The van der Waals surface area contributed by atoms with E-state index >= 15 is 0 Å². The number of carbonyl (C=O) groups is 2. The fraction of sp³-hybridized carbons (Fsp3) is 0.538. The first-order chi connectivity index (χ1) is 16.5. The Balaban J connectivity index is 1.55. The Morgan fingerprint density at radius 1 is 1.26 bits per heavy atom. The number of hydrogen-bond acceptors (Lipinski definition) is 5. The highest BCUT2D eigenvalue weighted by molar-refractivity contribution is 7.13. The SMILES string of the molecule is CCCCCCNC(=O)C1CCCN(C(=O)c2cc(-c3cccs3)nc3c2cnn3C(C)C)C1. The van der Waals surface area contributed by atoms with Gasteiger partial charge in [0.25, 0.3) is 5.91 Å². The van der Waals surface area contributed by atoms with E-state index in [1.54, 1.807) is 17.5 Å². The molecule has 0 radical (unpaired) electrons. The van der Waals surface area contributed by atoms with Crippen molar-refractivity contribution in [1.82, 2.24) is 25.0 Å². The molecule has 1 atom stereocenters. The summed E-state index contributed by atoms with van der Waals surface area (Å²) in [4.78, 5) is 34.2. The number of likely N-dealkylation sites (tertiary alicyclic amines) is 1. The van der Waals surface area contributed by atoms with E-state index < -0.39 is 0 Å². The second-order valence-electron chi connectivity index (χ2n) is 9.39. The van der Waals surface area contributed by atoms with Gasteiger partial charge in [0.1, 0.15) is 0 Å². The van der Waals surface area contributed by atoms with Crippen molar-refractivity contribution in [2.75, 3.05) is 19.6 Å². The molecule has 1 aliphatic heterocycles. The normalized spacial score (nSPS) is 16.4. The summed E-state index contributed by atoms with van der Waals surface area (Å²) >= 11 is 1.60. The van der Waals surface area contributed by atoms with E-state index in [9.17, 15) is 9.59 Å². The molecular formula is C26H35N5O2S. The summed E-state index contributed by atoms with van der Waals surface area (Å²) < 4.78 is 1.87. The highest BCUT2D eigenvalue weighted by atomic mass is 32.1. The highest BCUT2D eigenvalue weighted by Gasteiger charge is 2.30. The molecule has 3 aromatic heterocycles. The molecule has 0 saturated carbocycles. The quantitative estimate of drug-likeness (QED) is 0.421. The third kappa shape index (κ3) is 5.32. The van der Waals surface area contributed by atoms with Crippen LogP contribution >= 0.6 is 11.3 Å². The van der Waals surface area contributed by atoms with E-state index in [1.807, 2.05) is 33.2 Å². The molecule has 3 aromatic rings. The van der Waals surface area contributed by atoms with E-state index in [0.29, 0.717) is 25.2 Å². The Morgan fingerprint density at radius 2 is 2.12 bits per heavy atom. The van der Waals surface area contributed by atoms with Crippen molar-refractivity contribution < 1.29 is 9.59 Å². The maximum atomic E-state index is 13.7. The summed E-state index contributed by atoms with van der Waals surface area (Å²) in [5.41, 5.74) is 2.12. The average Bonchev–Trinajstić information content (AvgIpc) is 3.53. The van der Waals surface area contributed by atoms with Crippen LogP contribution in [-0.4, -0.2) is 51.1 Å². The number of thiophene rings is 1. The van der Waals surface area contributed by atoms with Crippen LogP contribution in [0.2, 0.25) is 0 Å². The summed E-state index contributed by atoms with van der Waals surface area (Å²) in [5, 5.41) is 10.4. The van der Waals surface area contributed by atoms with Crippen LogP contribution in [-0.2, 0) is 4.79 Å². The number of piperidine rings is 1. The maximum absolute atomic E-state index is 13.7. The maximum Gasteiger partial charge on any atom is 0.254 e. The number of nitrogens with one attached hydrogen (secondary N) is 1. The predicted octanol–water partition coefficient (Wildman–Crippen LogP) is 5.29. The molecule has 8 heteroatoms. The fourth-order valence-corrected chi connectivity index (χ4v) is 5.26. The molecule has 1 saturated heterocycles.